The average Bonchev–Trinajstić information content (AvgIpc) is 2.91. The van der Waals surface area contributed by atoms with E-state index >= 15 is 0 Å². The van der Waals surface area contributed by atoms with Crippen molar-refractivity contribution in [3.8, 4) is 0 Å². The van der Waals surface area contributed by atoms with Crippen LogP contribution in [-0.2, 0) is 0 Å². The van der Waals surface area contributed by atoms with Crippen molar-refractivity contribution in [3.63, 3.8) is 0 Å². The topological polar surface area (TPSA) is 82.8 Å². The van der Waals surface area contributed by atoms with Crippen molar-refractivity contribution in [2.45, 2.75) is 25.9 Å². The SMILES string of the molecule is CC(O)C1CCCN(C(=O)Nc2nnc3ccccn23)C1. The summed E-state index contributed by atoms with van der Waals surface area (Å²) >= 11 is 0. The molecule has 0 bridgehead atoms. The van der Waals surface area contributed by atoms with Crippen molar-refractivity contribution >= 4 is 17.6 Å². The number of pyridine rings is 1. The summed E-state index contributed by atoms with van der Waals surface area (Å²) in [6.45, 7) is 3.05. The minimum Gasteiger partial charge on any atom is -0.393 e. The zero-order chi connectivity index (χ0) is 14.8. The van der Waals surface area contributed by atoms with Crippen LogP contribution >= 0.6 is 0 Å². The Bertz CT molecular complexity index is 639. The molecular weight excluding hydrogens is 270 g/mol. The van der Waals surface area contributed by atoms with Crippen LogP contribution in [0.2, 0.25) is 0 Å². The van der Waals surface area contributed by atoms with Gasteiger partial charge in [0, 0.05) is 25.2 Å². The Balaban J connectivity index is 1.71. The summed E-state index contributed by atoms with van der Waals surface area (Å²) in [5.41, 5.74) is 0.688. The van der Waals surface area contributed by atoms with Crippen LogP contribution in [0.4, 0.5) is 10.7 Å². The highest BCUT2D eigenvalue weighted by Gasteiger charge is 2.27. The number of amides is 2. The number of anilines is 1. The molecule has 7 nitrogen and oxygen atoms in total. The lowest BCUT2D eigenvalue weighted by Crippen LogP contribution is -2.45. The van der Waals surface area contributed by atoms with Gasteiger partial charge in [0.05, 0.1) is 6.10 Å². The van der Waals surface area contributed by atoms with E-state index in [2.05, 4.69) is 15.5 Å². The van der Waals surface area contributed by atoms with Crippen molar-refractivity contribution < 1.29 is 9.90 Å². The fourth-order valence-corrected chi connectivity index (χ4v) is 2.69. The number of rotatable bonds is 2. The van der Waals surface area contributed by atoms with E-state index in [1.807, 2.05) is 18.2 Å². The summed E-state index contributed by atoms with van der Waals surface area (Å²) in [6, 6.07) is 5.36. The second kappa shape index (κ2) is 5.69. The van der Waals surface area contributed by atoms with E-state index in [1.165, 1.54) is 0 Å². The predicted molar refractivity (Wildman–Crippen MR) is 78.0 cm³/mol. The molecule has 2 N–H and O–H groups in total. The summed E-state index contributed by atoms with van der Waals surface area (Å²) in [6.07, 6.45) is 3.27. The van der Waals surface area contributed by atoms with Gasteiger partial charge in [-0.05, 0) is 31.9 Å². The Morgan fingerprint density at radius 3 is 3.14 bits per heavy atom. The van der Waals surface area contributed by atoms with Crippen molar-refractivity contribution in [2.75, 3.05) is 18.4 Å². The molecule has 3 heterocycles. The molecule has 1 saturated heterocycles. The van der Waals surface area contributed by atoms with Crippen LogP contribution in [0.5, 0.6) is 0 Å². The second-order valence-electron chi connectivity index (χ2n) is 5.47. The second-order valence-corrected chi connectivity index (χ2v) is 5.47. The standard InChI is InChI=1S/C14H19N5O2/c1-10(20)11-5-4-7-18(9-11)14(21)15-13-17-16-12-6-2-3-8-19(12)13/h2-3,6,8,10-11,20H,4-5,7,9H2,1H3,(H,15,17,21). The number of aliphatic hydroxyl groups is 1. The highest BCUT2D eigenvalue weighted by atomic mass is 16.3. The molecule has 2 unspecified atom stereocenters. The number of urea groups is 1. The minimum atomic E-state index is -0.394. The smallest absolute Gasteiger partial charge is 0.324 e. The first kappa shape index (κ1) is 13.8. The molecule has 1 fully saturated rings. The van der Waals surface area contributed by atoms with Crippen LogP contribution in [0.1, 0.15) is 19.8 Å². The number of fused-ring (bicyclic) bond motifs is 1. The minimum absolute atomic E-state index is 0.139. The van der Waals surface area contributed by atoms with Crippen LogP contribution in [0, 0.1) is 5.92 Å². The number of hydrogen-bond acceptors (Lipinski definition) is 4. The fourth-order valence-electron chi connectivity index (χ4n) is 2.69. The molecule has 7 heteroatoms. The Morgan fingerprint density at radius 1 is 1.48 bits per heavy atom. The van der Waals surface area contributed by atoms with Crippen LogP contribution in [-0.4, -0.2) is 49.8 Å². The Morgan fingerprint density at radius 2 is 2.33 bits per heavy atom. The van der Waals surface area contributed by atoms with Gasteiger partial charge in [-0.1, -0.05) is 6.07 Å². The molecule has 0 spiro atoms. The van der Waals surface area contributed by atoms with Crippen molar-refractivity contribution in [3.05, 3.63) is 24.4 Å². The maximum atomic E-state index is 12.3. The molecule has 2 atom stereocenters. The van der Waals surface area contributed by atoms with Gasteiger partial charge >= 0.3 is 6.03 Å². The summed E-state index contributed by atoms with van der Waals surface area (Å²) in [4.78, 5) is 14.1. The van der Waals surface area contributed by atoms with Gasteiger partial charge in [0.25, 0.3) is 0 Å². The van der Waals surface area contributed by atoms with Gasteiger partial charge in [-0.3, -0.25) is 9.72 Å². The largest absolute Gasteiger partial charge is 0.393 e. The number of hydrogen-bond donors (Lipinski definition) is 2. The molecular formula is C14H19N5O2. The molecule has 2 aromatic rings. The van der Waals surface area contributed by atoms with E-state index in [0.717, 1.165) is 12.8 Å². The highest BCUT2D eigenvalue weighted by Crippen LogP contribution is 2.20. The molecule has 3 rings (SSSR count). The summed E-state index contributed by atoms with van der Waals surface area (Å²) in [5, 5.41) is 20.5. The van der Waals surface area contributed by atoms with Crippen LogP contribution in [0.25, 0.3) is 5.65 Å². The Hall–Kier alpha value is -2.15. The molecule has 0 radical (unpaired) electrons. The van der Waals surface area contributed by atoms with Crippen LogP contribution in [0.3, 0.4) is 0 Å². The number of nitrogens with zero attached hydrogens (tertiary/aromatic N) is 4. The van der Waals surface area contributed by atoms with E-state index in [-0.39, 0.29) is 11.9 Å². The lowest BCUT2D eigenvalue weighted by molar-refractivity contribution is 0.0765. The van der Waals surface area contributed by atoms with Crippen LogP contribution < -0.4 is 5.32 Å². The first-order valence-corrected chi connectivity index (χ1v) is 7.19. The normalized spacial score (nSPS) is 20.5. The third kappa shape index (κ3) is 2.82. The molecule has 21 heavy (non-hydrogen) atoms. The summed E-state index contributed by atoms with van der Waals surface area (Å²) < 4.78 is 1.73. The molecule has 0 saturated carbocycles. The van der Waals surface area contributed by atoms with Gasteiger partial charge in [0.1, 0.15) is 0 Å². The monoisotopic (exact) mass is 289 g/mol. The zero-order valence-corrected chi connectivity index (χ0v) is 11.9. The van der Waals surface area contributed by atoms with Gasteiger partial charge in [-0.25, -0.2) is 4.79 Å². The number of aliphatic hydroxyl groups excluding tert-OH is 1. The van der Waals surface area contributed by atoms with Crippen LogP contribution in [0.15, 0.2) is 24.4 Å². The van der Waals surface area contributed by atoms with Gasteiger partial charge < -0.3 is 10.0 Å². The molecule has 2 aromatic heterocycles. The quantitative estimate of drug-likeness (QED) is 0.874. The third-order valence-corrected chi connectivity index (χ3v) is 3.96. The van der Waals surface area contributed by atoms with Gasteiger partial charge in [-0.15, -0.1) is 10.2 Å². The first-order valence-electron chi connectivity index (χ1n) is 7.19. The van der Waals surface area contributed by atoms with Crippen molar-refractivity contribution in [1.29, 1.82) is 0 Å². The maximum absolute atomic E-state index is 12.3. The lowest BCUT2D eigenvalue weighted by atomic mass is 9.94. The van der Waals surface area contributed by atoms with Gasteiger partial charge in [-0.2, -0.15) is 0 Å². The fraction of sp³-hybridized carbons (Fsp3) is 0.500. The molecule has 0 aliphatic carbocycles. The number of aromatic nitrogens is 3. The summed E-state index contributed by atoms with van der Waals surface area (Å²) in [7, 11) is 0. The highest BCUT2D eigenvalue weighted by molar-refractivity contribution is 5.87. The number of carbonyl (C=O) groups is 1. The van der Waals surface area contributed by atoms with E-state index in [0.29, 0.717) is 24.7 Å². The van der Waals surface area contributed by atoms with Crippen molar-refractivity contribution in [2.24, 2.45) is 5.92 Å². The van der Waals surface area contributed by atoms with Gasteiger partial charge in [0.2, 0.25) is 5.95 Å². The number of nitrogens with one attached hydrogen (secondary N) is 1. The maximum Gasteiger partial charge on any atom is 0.324 e. The van der Waals surface area contributed by atoms with E-state index < -0.39 is 6.10 Å². The van der Waals surface area contributed by atoms with E-state index in [9.17, 15) is 9.90 Å². The number of piperidine rings is 1. The van der Waals surface area contributed by atoms with Crippen molar-refractivity contribution in [1.82, 2.24) is 19.5 Å². The Labute approximate surface area is 122 Å². The zero-order valence-electron chi connectivity index (χ0n) is 11.9. The molecule has 2 amide bonds. The Kier molecular flexibility index (Phi) is 3.74. The molecule has 0 aromatic carbocycles. The van der Waals surface area contributed by atoms with E-state index in [4.69, 9.17) is 0 Å². The third-order valence-electron chi connectivity index (χ3n) is 3.96. The molecule has 112 valence electrons. The summed E-state index contributed by atoms with van der Waals surface area (Å²) in [5.74, 6) is 0.550. The lowest BCUT2D eigenvalue weighted by Gasteiger charge is -2.33. The number of likely N-dealkylation sites (tertiary alicyclic amines) is 1. The number of carbonyl (C=O) groups excluding carboxylic acids is 1. The average molecular weight is 289 g/mol. The van der Waals surface area contributed by atoms with Gasteiger partial charge in [0.15, 0.2) is 5.65 Å². The molecule has 1 aliphatic rings. The van der Waals surface area contributed by atoms with E-state index in [1.54, 1.807) is 22.4 Å². The molecule has 1 aliphatic heterocycles. The first-order chi connectivity index (χ1) is 10.1. The predicted octanol–water partition coefficient (Wildman–Crippen LogP) is 1.35.